The molecule has 1 aliphatic rings. The first kappa shape index (κ1) is 11.2. The van der Waals surface area contributed by atoms with Crippen molar-refractivity contribution in [2.24, 2.45) is 11.8 Å². The predicted octanol–water partition coefficient (Wildman–Crippen LogP) is 3.51. The van der Waals surface area contributed by atoms with Crippen LogP contribution in [0.2, 0.25) is 0 Å². The summed E-state index contributed by atoms with van der Waals surface area (Å²) >= 11 is 0. The van der Waals surface area contributed by atoms with Gasteiger partial charge in [0.15, 0.2) is 0 Å². The quantitative estimate of drug-likeness (QED) is 0.654. The van der Waals surface area contributed by atoms with Crippen molar-refractivity contribution >= 4 is 5.78 Å². The Labute approximate surface area is 86.9 Å². The number of allylic oxidation sites excluding steroid dienone is 4. The van der Waals surface area contributed by atoms with E-state index in [4.69, 9.17) is 0 Å². The van der Waals surface area contributed by atoms with Crippen LogP contribution in [0.5, 0.6) is 0 Å². The Morgan fingerprint density at radius 1 is 1.57 bits per heavy atom. The zero-order chi connectivity index (χ0) is 10.7. The van der Waals surface area contributed by atoms with Crippen LogP contribution in [0, 0.1) is 11.8 Å². The van der Waals surface area contributed by atoms with Crippen molar-refractivity contribution < 1.29 is 4.79 Å². The normalized spacial score (nSPS) is 30.3. The van der Waals surface area contributed by atoms with Gasteiger partial charge in [-0.15, -0.1) is 0 Å². The molecule has 14 heavy (non-hydrogen) atoms. The number of carbonyl (C=O) groups is 1. The van der Waals surface area contributed by atoms with Crippen LogP contribution in [0.15, 0.2) is 23.3 Å². The van der Waals surface area contributed by atoms with Crippen LogP contribution < -0.4 is 0 Å². The molecule has 0 aliphatic heterocycles. The number of hydrogen-bond acceptors (Lipinski definition) is 1. The molecule has 0 aromatic carbocycles. The molecule has 0 aromatic rings. The van der Waals surface area contributed by atoms with Crippen molar-refractivity contribution in [3.05, 3.63) is 23.3 Å². The number of carbonyl (C=O) groups excluding carboxylic acids is 1. The highest BCUT2D eigenvalue weighted by Gasteiger charge is 2.20. The SMILES string of the molecule is CC(=O)C/C=C1/C(C)=CC[C@H](C)[C@H]1C. The number of ketones is 1. The highest BCUT2D eigenvalue weighted by molar-refractivity contribution is 5.77. The maximum Gasteiger partial charge on any atom is 0.133 e. The second kappa shape index (κ2) is 4.59. The number of rotatable bonds is 2. The molecule has 2 atom stereocenters. The maximum absolute atomic E-state index is 10.9. The smallest absolute Gasteiger partial charge is 0.133 e. The summed E-state index contributed by atoms with van der Waals surface area (Å²) in [7, 11) is 0. The zero-order valence-corrected chi connectivity index (χ0v) is 9.63. The Morgan fingerprint density at radius 3 is 2.79 bits per heavy atom. The third-order valence-electron chi connectivity index (χ3n) is 3.20. The molecule has 1 aliphatic carbocycles. The molecule has 0 heterocycles. The fraction of sp³-hybridized carbons (Fsp3) is 0.615. The lowest BCUT2D eigenvalue weighted by molar-refractivity contribution is -0.116. The van der Waals surface area contributed by atoms with Gasteiger partial charge in [0.25, 0.3) is 0 Å². The van der Waals surface area contributed by atoms with E-state index in [0.29, 0.717) is 18.3 Å². The van der Waals surface area contributed by atoms with E-state index in [1.165, 1.54) is 17.6 Å². The predicted molar refractivity (Wildman–Crippen MR) is 60.1 cm³/mol. The highest BCUT2D eigenvalue weighted by atomic mass is 16.1. The van der Waals surface area contributed by atoms with Crippen molar-refractivity contribution in [2.75, 3.05) is 0 Å². The molecule has 0 fully saturated rings. The molecule has 0 bridgehead atoms. The molecule has 0 N–H and O–H groups in total. The standard InChI is InChI=1S/C13H20O/c1-9-5-6-10(2)13(12(9)4)8-7-11(3)14/h6,8-9,12H,5,7H2,1-4H3/b13-8-/t9-,12+/m0/s1. The second-order valence-corrected chi connectivity index (χ2v) is 4.45. The molecular formula is C13H20O. The molecule has 0 saturated carbocycles. The summed E-state index contributed by atoms with van der Waals surface area (Å²) in [6, 6.07) is 0. The second-order valence-electron chi connectivity index (χ2n) is 4.45. The molecule has 0 amide bonds. The lowest BCUT2D eigenvalue weighted by Crippen LogP contribution is -2.15. The topological polar surface area (TPSA) is 17.1 Å². The Hall–Kier alpha value is -0.850. The van der Waals surface area contributed by atoms with E-state index in [1.54, 1.807) is 6.92 Å². The van der Waals surface area contributed by atoms with Crippen LogP contribution in [0.3, 0.4) is 0 Å². The first-order valence-electron chi connectivity index (χ1n) is 5.39. The minimum atomic E-state index is 0.246. The van der Waals surface area contributed by atoms with Gasteiger partial charge in [0.2, 0.25) is 0 Å². The van der Waals surface area contributed by atoms with E-state index in [9.17, 15) is 4.79 Å². The van der Waals surface area contributed by atoms with Gasteiger partial charge < -0.3 is 0 Å². The lowest BCUT2D eigenvalue weighted by Gasteiger charge is -2.27. The van der Waals surface area contributed by atoms with E-state index in [2.05, 4.69) is 32.9 Å². The molecule has 0 radical (unpaired) electrons. The van der Waals surface area contributed by atoms with Crippen LogP contribution in [0.1, 0.15) is 40.5 Å². The van der Waals surface area contributed by atoms with Gasteiger partial charge >= 0.3 is 0 Å². The summed E-state index contributed by atoms with van der Waals surface area (Å²) in [6.45, 7) is 8.32. The molecular weight excluding hydrogens is 172 g/mol. The Bertz CT molecular complexity index is 284. The van der Waals surface area contributed by atoms with Crippen molar-refractivity contribution in [3.63, 3.8) is 0 Å². The molecule has 0 unspecified atom stereocenters. The van der Waals surface area contributed by atoms with Crippen molar-refractivity contribution in [3.8, 4) is 0 Å². The van der Waals surface area contributed by atoms with Gasteiger partial charge in [-0.25, -0.2) is 0 Å². The minimum Gasteiger partial charge on any atom is -0.300 e. The lowest BCUT2D eigenvalue weighted by atomic mass is 9.78. The van der Waals surface area contributed by atoms with E-state index in [1.807, 2.05) is 0 Å². The highest BCUT2D eigenvalue weighted by Crippen LogP contribution is 2.33. The van der Waals surface area contributed by atoms with Crippen molar-refractivity contribution in [2.45, 2.75) is 40.5 Å². The van der Waals surface area contributed by atoms with E-state index in [-0.39, 0.29) is 5.78 Å². The number of hydrogen-bond donors (Lipinski definition) is 0. The molecule has 78 valence electrons. The summed E-state index contributed by atoms with van der Waals surface area (Å²) in [5, 5.41) is 0. The molecule has 1 heteroatoms. The summed E-state index contributed by atoms with van der Waals surface area (Å²) < 4.78 is 0. The van der Waals surface area contributed by atoms with E-state index < -0.39 is 0 Å². The molecule has 0 saturated heterocycles. The largest absolute Gasteiger partial charge is 0.300 e. The van der Waals surface area contributed by atoms with Gasteiger partial charge in [-0.3, -0.25) is 4.79 Å². The minimum absolute atomic E-state index is 0.246. The first-order valence-corrected chi connectivity index (χ1v) is 5.39. The Balaban J connectivity index is 2.83. The van der Waals surface area contributed by atoms with Crippen LogP contribution in [-0.2, 0) is 4.79 Å². The van der Waals surface area contributed by atoms with Gasteiger partial charge in [-0.1, -0.05) is 31.6 Å². The van der Waals surface area contributed by atoms with Crippen LogP contribution >= 0.6 is 0 Å². The fourth-order valence-electron chi connectivity index (χ4n) is 1.95. The summed E-state index contributed by atoms with van der Waals surface area (Å²) in [5.41, 5.74) is 2.73. The number of Topliss-reactive ketones (excluding diaryl/α,β-unsaturated/α-hetero) is 1. The average Bonchev–Trinajstić information content (AvgIpc) is 2.11. The summed E-state index contributed by atoms with van der Waals surface area (Å²) in [4.78, 5) is 10.9. The van der Waals surface area contributed by atoms with Crippen LogP contribution in [0.25, 0.3) is 0 Å². The van der Waals surface area contributed by atoms with Gasteiger partial charge in [0, 0.05) is 6.42 Å². The summed E-state index contributed by atoms with van der Waals surface area (Å²) in [6.07, 6.45) is 6.15. The van der Waals surface area contributed by atoms with Crippen LogP contribution in [-0.4, -0.2) is 5.78 Å². The monoisotopic (exact) mass is 192 g/mol. The maximum atomic E-state index is 10.9. The average molecular weight is 192 g/mol. The van der Waals surface area contributed by atoms with Crippen molar-refractivity contribution in [1.82, 2.24) is 0 Å². The summed E-state index contributed by atoms with van der Waals surface area (Å²) in [5.74, 6) is 1.55. The molecule has 0 spiro atoms. The van der Waals surface area contributed by atoms with Gasteiger partial charge in [-0.05, 0) is 37.7 Å². The van der Waals surface area contributed by atoms with E-state index in [0.717, 1.165) is 0 Å². The van der Waals surface area contributed by atoms with Crippen LogP contribution in [0.4, 0.5) is 0 Å². The zero-order valence-electron chi connectivity index (χ0n) is 9.63. The van der Waals surface area contributed by atoms with Gasteiger partial charge in [0.05, 0.1) is 0 Å². The van der Waals surface area contributed by atoms with E-state index >= 15 is 0 Å². The molecule has 1 nitrogen and oxygen atoms in total. The third kappa shape index (κ3) is 2.57. The molecule has 0 aromatic heterocycles. The first-order chi connectivity index (χ1) is 6.52. The Kier molecular flexibility index (Phi) is 3.68. The fourth-order valence-corrected chi connectivity index (χ4v) is 1.95. The third-order valence-corrected chi connectivity index (χ3v) is 3.20. The van der Waals surface area contributed by atoms with Gasteiger partial charge in [-0.2, -0.15) is 0 Å². The van der Waals surface area contributed by atoms with Gasteiger partial charge in [0.1, 0.15) is 5.78 Å². The van der Waals surface area contributed by atoms with Crippen molar-refractivity contribution in [1.29, 1.82) is 0 Å². The Morgan fingerprint density at radius 2 is 2.21 bits per heavy atom. The molecule has 1 rings (SSSR count).